The van der Waals surface area contributed by atoms with Crippen LogP contribution in [0, 0.1) is 0 Å². The molecule has 7 nitrogen and oxygen atoms in total. The lowest BCUT2D eigenvalue weighted by Crippen LogP contribution is -2.36. The molecule has 0 aliphatic carbocycles. The Morgan fingerprint density at radius 3 is 2.29 bits per heavy atom. The van der Waals surface area contributed by atoms with Gasteiger partial charge in [0.1, 0.15) is 0 Å². The van der Waals surface area contributed by atoms with Crippen LogP contribution in [0.15, 0.2) is 44.7 Å². The third-order valence-corrected chi connectivity index (χ3v) is 5.57. The summed E-state index contributed by atoms with van der Waals surface area (Å²) in [6.07, 6.45) is 3.28. The highest BCUT2D eigenvalue weighted by molar-refractivity contribution is 14.0. The first-order chi connectivity index (χ1) is 12.9. The van der Waals surface area contributed by atoms with Crippen molar-refractivity contribution < 1.29 is 12.9 Å². The molecule has 0 aliphatic heterocycles. The van der Waals surface area contributed by atoms with E-state index in [1.807, 2.05) is 6.07 Å². The molecule has 2 N–H and O–H groups in total. The maximum Gasteiger partial charge on any atom is 0.191 e. The molecule has 0 saturated carbocycles. The zero-order valence-corrected chi connectivity index (χ0v) is 19.9. The van der Waals surface area contributed by atoms with Gasteiger partial charge in [0.15, 0.2) is 21.6 Å². The summed E-state index contributed by atoms with van der Waals surface area (Å²) < 4.78 is 28.4. The number of sulfone groups is 1. The second kappa shape index (κ2) is 11.4. The molecular formula is C19H29IN4O3S. The van der Waals surface area contributed by atoms with Crippen LogP contribution in [0.3, 0.4) is 0 Å². The molecule has 0 amide bonds. The minimum absolute atomic E-state index is 0. The molecule has 0 aliphatic rings. The van der Waals surface area contributed by atoms with Crippen LogP contribution in [-0.4, -0.2) is 32.8 Å². The molecule has 2 aromatic rings. The van der Waals surface area contributed by atoms with Crippen LogP contribution in [-0.2, 0) is 22.9 Å². The highest BCUT2D eigenvalue weighted by Crippen LogP contribution is 2.22. The molecule has 0 fully saturated rings. The number of rotatable bonds is 8. The van der Waals surface area contributed by atoms with E-state index in [0.717, 1.165) is 29.9 Å². The van der Waals surface area contributed by atoms with Crippen LogP contribution in [0.5, 0.6) is 0 Å². The van der Waals surface area contributed by atoms with Gasteiger partial charge in [-0.25, -0.2) is 8.42 Å². The fraction of sp³-hybridized carbons (Fsp3) is 0.474. The van der Waals surface area contributed by atoms with Gasteiger partial charge in [0.25, 0.3) is 0 Å². The predicted octanol–water partition coefficient (Wildman–Crippen LogP) is 3.46. The van der Waals surface area contributed by atoms with Gasteiger partial charge < -0.3 is 15.2 Å². The van der Waals surface area contributed by atoms with E-state index in [2.05, 4.69) is 34.6 Å². The number of nitrogens with zero attached hydrogens (tertiary/aromatic N) is 2. The van der Waals surface area contributed by atoms with Crippen molar-refractivity contribution in [3.63, 3.8) is 0 Å². The smallest absolute Gasteiger partial charge is 0.191 e. The second-order valence-electron chi connectivity index (χ2n) is 6.43. The molecular weight excluding hydrogens is 491 g/mol. The summed E-state index contributed by atoms with van der Waals surface area (Å²) in [5.74, 6) is 1.81. The average molecular weight is 520 g/mol. The van der Waals surface area contributed by atoms with Crippen LogP contribution in [0.25, 0.3) is 0 Å². The topological polar surface area (TPSA) is 96.6 Å². The fourth-order valence-electron chi connectivity index (χ4n) is 2.74. The molecule has 1 aromatic carbocycles. The lowest BCUT2D eigenvalue weighted by atomic mass is 9.99. The number of halogens is 1. The monoisotopic (exact) mass is 520 g/mol. The third kappa shape index (κ3) is 7.08. The van der Waals surface area contributed by atoms with Crippen LogP contribution >= 0.6 is 24.0 Å². The highest BCUT2D eigenvalue weighted by Gasteiger charge is 2.13. The van der Waals surface area contributed by atoms with Gasteiger partial charge in [0.2, 0.25) is 0 Å². The first-order valence-electron chi connectivity index (χ1n) is 9.06. The van der Waals surface area contributed by atoms with Crippen molar-refractivity contribution in [3.8, 4) is 0 Å². The molecule has 1 aromatic heterocycles. The fourth-order valence-corrected chi connectivity index (χ4v) is 3.37. The predicted molar refractivity (Wildman–Crippen MR) is 122 cm³/mol. The Labute approximate surface area is 184 Å². The maximum atomic E-state index is 11.5. The van der Waals surface area contributed by atoms with Crippen LogP contribution < -0.4 is 10.6 Å². The van der Waals surface area contributed by atoms with Crippen molar-refractivity contribution in [2.75, 3.05) is 13.3 Å². The molecule has 1 heterocycles. The van der Waals surface area contributed by atoms with E-state index in [0.29, 0.717) is 29.9 Å². The zero-order chi connectivity index (χ0) is 19.9. The highest BCUT2D eigenvalue weighted by atomic mass is 127. The number of hydrogen-bond acceptors (Lipinski definition) is 5. The SMILES string of the molecule is CCC(CC)c1cc(CNC(=NC)NCc2ccc(S(C)(=O)=O)cc2)on1.I. The van der Waals surface area contributed by atoms with E-state index < -0.39 is 9.84 Å². The number of benzene rings is 1. The third-order valence-electron chi connectivity index (χ3n) is 4.45. The summed E-state index contributed by atoms with van der Waals surface area (Å²) in [6, 6.07) is 8.78. The Morgan fingerprint density at radius 1 is 1.14 bits per heavy atom. The van der Waals surface area contributed by atoms with E-state index in [9.17, 15) is 8.42 Å². The second-order valence-corrected chi connectivity index (χ2v) is 8.44. The Morgan fingerprint density at radius 2 is 1.75 bits per heavy atom. The van der Waals surface area contributed by atoms with Gasteiger partial charge in [0, 0.05) is 31.8 Å². The van der Waals surface area contributed by atoms with Gasteiger partial charge in [0.05, 0.1) is 17.1 Å². The molecule has 0 saturated heterocycles. The summed E-state index contributed by atoms with van der Waals surface area (Å²) in [5.41, 5.74) is 1.95. The standard InChI is InChI=1S/C19H28N4O3S.HI/c1-5-15(6-2)18-11-16(26-23-18)13-22-19(20-3)21-12-14-7-9-17(10-8-14)27(4,24)25;/h7-11,15H,5-6,12-13H2,1-4H3,(H2,20,21,22);1H. The lowest BCUT2D eigenvalue weighted by Gasteiger charge is -2.11. The molecule has 9 heteroatoms. The number of guanidine groups is 1. The van der Waals surface area contributed by atoms with Crippen molar-refractivity contribution in [1.82, 2.24) is 15.8 Å². The molecule has 2 rings (SSSR count). The van der Waals surface area contributed by atoms with Crippen LogP contribution in [0.4, 0.5) is 0 Å². The number of nitrogens with one attached hydrogen (secondary N) is 2. The lowest BCUT2D eigenvalue weighted by molar-refractivity contribution is 0.368. The van der Waals surface area contributed by atoms with Gasteiger partial charge in [-0.1, -0.05) is 31.1 Å². The summed E-state index contributed by atoms with van der Waals surface area (Å²) in [6.45, 7) is 5.31. The minimum Gasteiger partial charge on any atom is -0.359 e. The van der Waals surface area contributed by atoms with Gasteiger partial charge in [-0.2, -0.15) is 0 Å². The van der Waals surface area contributed by atoms with Crippen molar-refractivity contribution in [2.24, 2.45) is 4.99 Å². The first-order valence-corrected chi connectivity index (χ1v) is 11.0. The van der Waals surface area contributed by atoms with E-state index in [1.165, 1.54) is 6.26 Å². The van der Waals surface area contributed by atoms with Crippen molar-refractivity contribution in [2.45, 2.75) is 50.6 Å². The first kappa shape index (κ1) is 24.4. The van der Waals surface area contributed by atoms with Crippen LogP contribution in [0.1, 0.15) is 49.6 Å². The van der Waals surface area contributed by atoms with Crippen LogP contribution in [0.2, 0.25) is 0 Å². The molecule has 0 atom stereocenters. The molecule has 0 spiro atoms. The van der Waals surface area contributed by atoms with Gasteiger partial charge in [-0.3, -0.25) is 4.99 Å². The molecule has 0 radical (unpaired) electrons. The van der Waals surface area contributed by atoms with E-state index in [4.69, 9.17) is 4.52 Å². The van der Waals surface area contributed by atoms with Crippen molar-refractivity contribution in [3.05, 3.63) is 47.3 Å². The zero-order valence-electron chi connectivity index (χ0n) is 16.7. The summed E-state index contributed by atoms with van der Waals surface area (Å²) in [4.78, 5) is 4.50. The molecule has 156 valence electrons. The Kier molecular flexibility index (Phi) is 9.94. The summed E-state index contributed by atoms with van der Waals surface area (Å²) >= 11 is 0. The van der Waals surface area contributed by atoms with Crippen molar-refractivity contribution in [1.29, 1.82) is 0 Å². The normalized spacial score (nSPS) is 12.0. The Hall–Kier alpha value is -1.62. The van der Waals surface area contributed by atoms with E-state index in [-0.39, 0.29) is 24.0 Å². The maximum absolute atomic E-state index is 11.5. The summed E-state index contributed by atoms with van der Waals surface area (Å²) in [7, 11) is -1.48. The summed E-state index contributed by atoms with van der Waals surface area (Å²) in [5, 5.41) is 10.5. The number of aromatic nitrogens is 1. The number of aliphatic imine (C=N–C) groups is 1. The van der Waals surface area contributed by atoms with Gasteiger partial charge in [-0.15, -0.1) is 24.0 Å². The quantitative estimate of drug-likeness (QED) is 0.315. The largest absolute Gasteiger partial charge is 0.359 e. The van der Waals surface area contributed by atoms with E-state index in [1.54, 1.807) is 31.3 Å². The van der Waals surface area contributed by atoms with Crippen molar-refractivity contribution >= 4 is 39.8 Å². The average Bonchev–Trinajstić information content (AvgIpc) is 3.11. The Bertz CT molecular complexity index is 860. The molecule has 28 heavy (non-hydrogen) atoms. The van der Waals surface area contributed by atoms with E-state index >= 15 is 0 Å². The van der Waals surface area contributed by atoms with Gasteiger partial charge >= 0.3 is 0 Å². The Balaban J connectivity index is 0.00000392. The van der Waals surface area contributed by atoms with Gasteiger partial charge in [-0.05, 0) is 30.5 Å². The molecule has 0 bridgehead atoms. The minimum atomic E-state index is -3.18. The number of hydrogen-bond donors (Lipinski definition) is 2. The molecule has 0 unspecified atom stereocenters.